The van der Waals surface area contributed by atoms with Gasteiger partial charge in [0.2, 0.25) is 5.91 Å². The monoisotopic (exact) mass is 480 g/mol. The number of nitrogens with two attached hydrogens (primary N) is 1. The summed E-state index contributed by atoms with van der Waals surface area (Å²) in [7, 11) is 0. The highest BCUT2D eigenvalue weighted by atomic mass is 35.5. The topological polar surface area (TPSA) is 124 Å². The largest absolute Gasteiger partial charge is 0.364 e. The molecule has 0 aliphatic carbocycles. The number of carbonyl (C=O) groups excluding carboxylic acids is 2. The highest BCUT2D eigenvalue weighted by Gasteiger charge is 2.21. The molecule has 1 fully saturated rings. The third-order valence-electron chi connectivity index (χ3n) is 4.54. The van der Waals surface area contributed by atoms with Gasteiger partial charge < -0.3 is 16.0 Å². The molecule has 3 N–H and O–H groups in total. The van der Waals surface area contributed by atoms with E-state index >= 15 is 0 Å². The van der Waals surface area contributed by atoms with Crippen molar-refractivity contribution in [3.8, 4) is 5.69 Å². The molecule has 1 aliphatic heterocycles. The molecule has 0 bridgehead atoms. The first-order valence-corrected chi connectivity index (χ1v) is 11.2. The molecule has 13 heteroatoms. The Morgan fingerprint density at radius 3 is 2.55 bits per heavy atom. The van der Waals surface area contributed by atoms with E-state index in [-0.39, 0.29) is 24.0 Å². The van der Waals surface area contributed by atoms with E-state index in [4.69, 9.17) is 28.9 Å². The number of anilines is 2. The fraction of sp³-hybridized carbons (Fsp3) is 0.278. The van der Waals surface area contributed by atoms with Crippen LogP contribution in [0.2, 0.25) is 10.0 Å². The zero-order valence-corrected chi connectivity index (χ0v) is 18.5. The summed E-state index contributed by atoms with van der Waals surface area (Å²) in [6.07, 6.45) is 3.16. The lowest BCUT2D eigenvalue weighted by atomic mass is 10.3. The molecule has 0 radical (unpaired) electrons. The van der Waals surface area contributed by atoms with Crippen molar-refractivity contribution in [3.05, 3.63) is 46.3 Å². The number of hydrogen-bond acceptors (Lipinski definition) is 7. The minimum absolute atomic E-state index is 0.00656. The van der Waals surface area contributed by atoms with E-state index in [1.54, 1.807) is 24.4 Å². The Kier molecular flexibility index (Phi) is 6.35. The van der Waals surface area contributed by atoms with Crippen LogP contribution >= 0.6 is 35.0 Å². The molecule has 0 spiro atoms. The normalized spacial score (nSPS) is 13.9. The fourth-order valence-electron chi connectivity index (χ4n) is 3.04. The van der Waals surface area contributed by atoms with Gasteiger partial charge in [0.1, 0.15) is 12.2 Å². The summed E-state index contributed by atoms with van der Waals surface area (Å²) >= 11 is 14.3. The third kappa shape index (κ3) is 4.78. The first-order valence-electron chi connectivity index (χ1n) is 9.29. The summed E-state index contributed by atoms with van der Waals surface area (Å²) in [5.74, 6) is 1.23. The van der Waals surface area contributed by atoms with Gasteiger partial charge in [-0.25, -0.2) is 0 Å². The summed E-state index contributed by atoms with van der Waals surface area (Å²) in [4.78, 5) is 27.3. The first-order chi connectivity index (χ1) is 14.9. The van der Waals surface area contributed by atoms with Gasteiger partial charge in [-0.05, 0) is 12.1 Å². The minimum atomic E-state index is -0.775. The lowest BCUT2D eigenvalue weighted by molar-refractivity contribution is -0.131. The van der Waals surface area contributed by atoms with Crippen molar-refractivity contribution in [1.29, 1.82) is 0 Å². The fourth-order valence-corrected chi connectivity index (χ4v) is 4.49. The molecule has 0 saturated carbocycles. The standard InChI is InChI=1S/C18H18Cl2N8O2S/c19-12-2-1-3-13(20)16(12)28-24-15(17(21)30)18(25-28)23-11-8-22-27(9-11)10-14(29)26-4-6-31-7-5-26/h1-3,8-9H,4-7,10H2,(H2,21,30)(H,23,25). The Bertz CT molecular complexity index is 1110. The van der Waals surface area contributed by atoms with Crippen LogP contribution in [0.15, 0.2) is 30.6 Å². The molecule has 1 aromatic carbocycles. The summed E-state index contributed by atoms with van der Waals surface area (Å²) in [6, 6.07) is 4.95. The Morgan fingerprint density at radius 1 is 1.16 bits per heavy atom. The van der Waals surface area contributed by atoms with E-state index in [1.807, 2.05) is 16.7 Å². The highest BCUT2D eigenvalue weighted by Crippen LogP contribution is 2.28. The van der Waals surface area contributed by atoms with Crippen LogP contribution in [0.1, 0.15) is 10.5 Å². The molecule has 3 heterocycles. The van der Waals surface area contributed by atoms with Crippen molar-refractivity contribution >= 4 is 58.3 Å². The number of para-hydroxylation sites is 1. The van der Waals surface area contributed by atoms with E-state index < -0.39 is 5.91 Å². The number of halogens is 2. The van der Waals surface area contributed by atoms with E-state index in [0.29, 0.717) is 21.4 Å². The summed E-state index contributed by atoms with van der Waals surface area (Å²) < 4.78 is 1.52. The van der Waals surface area contributed by atoms with Crippen LogP contribution in [0.5, 0.6) is 0 Å². The molecule has 10 nitrogen and oxygen atoms in total. The second-order valence-corrected chi connectivity index (χ2v) is 8.71. The average Bonchev–Trinajstić information content (AvgIpc) is 3.36. The van der Waals surface area contributed by atoms with Crippen LogP contribution in [-0.4, -0.2) is 66.1 Å². The molecule has 162 valence electrons. The van der Waals surface area contributed by atoms with Gasteiger partial charge in [0, 0.05) is 30.8 Å². The molecule has 31 heavy (non-hydrogen) atoms. The number of primary amides is 1. The van der Waals surface area contributed by atoms with E-state index in [0.717, 1.165) is 29.4 Å². The van der Waals surface area contributed by atoms with Crippen molar-refractivity contribution in [2.24, 2.45) is 5.73 Å². The zero-order chi connectivity index (χ0) is 22.0. The van der Waals surface area contributed by atoms with E-state index in [9.17, 15) is 9.59 Å². The number of thioether (sulfide) groups is 1. The molecule has 3 aromatic rings. The number of hydrogen-bond donors (Lipinski definition) is 2. The number of aromatic nitrogens is 5. The number of carbonyl (C=O) groups is 2. The molecular formula is C18H18Cl2N8O2S. The number of nitrogens with zero attached hydrogens (tertiary/aromatic N) is 6. The van der Waals surface area contributed by atoms with Gasteiger partial charge in [-0.2, -0.15) is 16.9 Å². The molecule has 0 atom stereocenters. The van der Waals surface area contributed by atoms with Gasteiger partial charge in [-0.1, -0.05) is 29.3 Å². The molecule has 4 rings (SSSR count). The number of nitrogens with one attached hydrogen (secondary N) is 1. The molecule has 1 aliphatic rings. The van der Waals surface area contributed by atoms with Crippen molar-refractivity contribution in [1.82, 2.24) is 29.7 Å². The van der Waals surface area contributed by atoms with Crippen molar-refractivity contribution in [2.45, 2.75) is 6.54 Å². The number of benzene rings is 1. The number of amides is 2. The smallest absolute Gasteiger partial charge is 0.273 e. The third-order valence-corrected chi connectivity index (χ3v) is 6.09. The lowest BCUT2D eigenvalue weighted by Gasteiger charge is -2.26. The van der Waals surface area contributed by atoms with E-state index in [1.165, 1.54) is 10.9 Å². The maximum absolute atomic E-state index is 12.4. The van der Waals surface area contributed by atoms with Gasteiger partial charge in [0.15, 0.2) is 11.5 Å². The molecule has 0 unspecified atom stereocenters. The van der Waals surface area contributed by atoms with Gasteiger partial charge in [-0.3, -0.25) is 14.3 Å². The Balaban J connectivity index is 1.54. The summed E-state index contributed by atoms with van der Waals surface area (Å²) in [5, 5.41) is 16.2. The first kappa shape index (κ1) is 21.5. The molecular weight excluding hydrogens is 463 g/mol. The minimum Gasteiger partial charge on any atom is -0.364 e. The van der Waals surface area contributed by atoms with Crippen LogP contribution in [-0.2, 0) is 11.3 Å². The maximum Gasteiger partial charge on any atom is 0.273 e. The maximum atomic E-state index is 12.4. The summed E-state index contributed by atoms with van der Waals surface area (Å²) in [5.41, 5.74) is 6.20. The lowest BCUT2D eigenvalue weighted by Crippen LogP contribution is -2.39. The number of rotatable bonds is 6. The predicted octanol–water partition coefficient (Wildman–Crippen LogP) is 2.19. The van der Waals surface area contributed by atoms with Gasteiger partial charge in [0.05, 0.1) is 21.9 Å². The van der Waals surface area contributed by atoms with Crippen molar-refractivity contribution in [2.75, 3.05) is 29.9 Å². The van der Waals surface area contributed by atoms with Crippen LogP contribution in [0.4, 0.5) is 11.5 Å². The van der Waals surface area contributed by atoms with Crippen LogP contribution in [0, 0.1) is 0 Å². The van der Waals surface area contributed by atoms with Crippen molar-refractivity contribution < 1.29 is 9.59 Å². The van der Waals surface area contributed by atoms with E-state index in [2.05, 4.69) is 20.6 Å². The van der Waals surface area contributed by atoms with Crippen LogP contribution in [0.3, 0.4) is 0 Å². The van der Waals surface area contributed by atoms with Crippen molar-refractivity contribution in [3.63, 3.8) is 0 Å². The molecule has 2 amide bonds. The van der Waals surface area contributed by atoms with Gasteiger partial charge >= 0.3 is 0 Å². The summed E-state index contributed by atoms with van der Waals surface area (Å²) in [6.45, 7) is 1.61. The second kappa shape index (κ2) is 9.16. The Hall–Kier alpha value is -2.76. The van der Waals surface area contributed by atoms with Gasteiger partial charge in [-0.15, -0.1) is 15.0 Å². The SMILES string of the molecule is NC(=O)c1nn(-c2c(Cl)cccc2Cl)nc1Nc1cnn(CC(=O)N2CCSCC2)c1. The van der Waals surface area contributed by atoms with Crippen LogP contribution in [0.25, 0.3) is 5.69 Å². The Morgan fingerprint density at radius 2 is 1.87 bits per heavy atom. The molecule has 1 saturated heterocycles. The van der Waals surface area contributed by atoms with Gasteiger partial charge in [0.25, 0.3) is 5.91 Å². The average molecular weight is 481 g/mol. The highest BCUT2D eigenvalue weighted by molar-refractivity contribution is 7.99. The zero-order valence-electron chi connectivity index (χ0n) is 16.2. The second-order valence-electron chi connectivity index (χ2n) is 6.67. The Labute approximate surface area is 191 Å². The quantitative estimate of drug-likeness (QED) is 0.553. The molecule has 2 aromatic heterocycles. The van der Waals surface area contributed by atoms with Crippen LogP contribution < -0.4 is 11.1 Å². The predicted molar refractivity (Wildman–Crippen MR) is 119 cm³/mol.